The van der Waals surface area contributed by atoms with E-state index < -0.39 is 23.5 Å². The molecule has 1 N–H and O–H groups in total. The number of anilines is 1. The zero-order valence-corrected chi connectivity index (χ0v) is 21.3. The van der Waals surface area contributed by atoms with E-state index in [1.54, 1.807) is 36.3 Å². The SMILES string of the molecule is Cn1cnc(C(Nc2ccc(CC(=O)CN3CCOCC3)cc2)C(=O)c2nocc2-c2ccc(F)c(F)c2)c1. The van der Waals surface area contributed by atoms with Crippen LogP contribution in [0.5, 0.6) is 0 Å². The predicted octanol–water partition coefficient (Wildman–Crippen LogP) is 3.83. The maximum atomic E-state index is 13.9. The second-order valence-corrected chi connectivity index (χ2v) is 9.41. The molecule has 39 heavy (non-hydrogen) atoms. The number of benzene rings is 2. The number of morpholine rings is 1. The summed E-state index contributed by atoms with van der Waals surface area (Å²) in [6, 6.07) is 9.62. The van der Waals surface area contributed by atoms with E-state index in [0.29, 0.717) is 37.6 Å². The first-order valence-corrected chi connectivity index (χ1v) is 12.5. The molecule has 1 fully saturated rings. The second kappa shape index (κ2) is 11.7. The van der Waals surface area contributed by atoms with Gasteiger partial charge in [0.25, 0.3) is 0 Å². The summed E-state index contributed by atoms with van der Waals surface area (Å²) in [6.45, 7) is 3.17. The zero-order valence-electron chi connectivity index (χ0n) is 21.3. The number of nitrogens with zero attached hydrogens (tertiary/aromatic N) is 4. The van der Waals surface area contributed by atoms with E-state index in [4.69, 9.17) is 9.26 Å². The highest BCUT2D eigenvalue weighted by atomic mass is 19.2. The van der Waals surface area contributed by atoms with Gasteiger partial charge >= 0.3 is 0 Å². The molecule has 202 valence electrons. The molecular weight excluding hydrogens is 508 g/mol. The molecule has 1 aliphatic heterocycles. The van der Waals surface area contributed by atoms with Crippen LogP contribution in [0.2, 0.25) is 0 Å². The number of halogens is 2. The molecule has 0 saturated carbocycles. The molecule has 0 amide bonds. The predicted molar refractivity (Wildman–Crippen MR) is 138 cm³/mol. The molecule has 0 aliphatic carbocycles. The lowest BCUT2D eigenvalue weighted by Gasteiger charge is -2.25. The first-order chi connectivity index (χ1) is 18.9. The highest BCUT2D eigenvalue weighted by molar-refractivity contribution is 6.05. The minimum atomic E-state index is -1.05. The van der Waals surface area contributed by atoms with E-state index in [2.05, 4.69) is 20.4 Å². The first kappa shape index (κ1) is 26.4. The number of carbonyl (C=O) groups is 2. The molecule has 1 aliphatic rings. The monoisotopic (exact) mass is 535 g/mol. The lowest BCUT2D eigenvalue weighted by Crippen LogP contribution is -2.39. The van der Waals surface area contributed by atoms with Crippen molar-refractivity contribution >= 4 is 17.3 Å². The standard InChI is InChI=1S/C28H27F2N5O4/c1-34-15-25(31-17-34)27(28(37)26-22(16-39-33-26)19-4-7-23(29)24(30)13-19)32-20-5-2-18(3-6-20)12-21(36)14-35-8-10-38-11-9-35/h2-7,13,15-17,27,32H,8-12,14H2,1H3. The van der Waals surface area contributed by atoms with Gasteiger partial charge in [0.05, 0.1) is 37.3 Å². The van der Waals surface area contributed by atoms with Crippen LogP contribution in [0.1, 0.15) is 27.8 Å². The number of rotatable bonds is 10. The van der Waals surface area contributed by atoms with Gasteiger partial charge in [0, 0.05) is 38.4 Å². The molecule has 0 spiro atoms. The average molecular weight is 536 g/mol. The second-order valence-electron chi connectivity index (χ2n) is 9.41. The van der Waals surface area contributed by atoms with Crippen LogP contribution in [-0.4, -0.2) is 64.0 Å². The number of carbonyl (C=O) groups excluding carboxylic acids is 2. The molecular formula is C28H27F2N5O4. The molecule has 3 heterocycles. The fourth-order valence-corrected chi connectivity index (χ4v) is 4.45. The Labute approximate surface area is 223 Å². The van der Waals surface area contributed by atoms with Gasteiger partial charge in [0.2, 0.25) is 5.78 Å². The van der Waals surface area contributed by atoms with Gasteiger partial charge in [-0.3, -0.25) is 14.5 Å². The van der Waals surface area contributed by atoms with Crippen LogP contribution in [-0.2, 0) is 23.0 Å². The van der Waals surface area contributed by atoms with E-state index in [1.165, 1.54) is 12.3 Å². The Balaban J connectivity index is 1.34. The van der Waals surface area contributed by atoms with Gasteiger partial charge in [-0.15, -0.1) is 0 Å². The van der Waals surface area contributed by atoms with Gasteiger partial charge in [-0.25, -0.2) is 13.8 Å². The third kappa shape index (κ3) is 6.27. The fraction of sp³-hybridized carbons (Fsp3) is 0.286. The topological polar surface area (TPSA) is 102 Å². The number of Topliss-reactive ketones (excluding diaryl/α,β-unsaturated/α-hetero) is 2. The number of aryl methyl sites for hydroxylation is 1. The molecule has 4 aromatic rings. The van der Waals surface area contributed by atoms with Gasteiger partial charge in [-0.05, 0) is 35.4 Å². The minimum absolute atomic E-state index is 0.0468. The molecule has 9 nitrogen and oxygen atoms in total. The summed E-state index contributed by atoms with van der Waals surface area (Å²) >= 11 is 0. The van der Waals surface area contributed by atoms with Gasteiger partial charge in [-0.2, -0.15) is 0 Å². The number of ketones is 2. The Bertz CT molecular complexity index is 1460. The normalized spacial score (nSPS) is 14.7. The van der Waals surface area contributed by atoms with Crippen LogP contribution in [0, 0.1) is 11.6 Å². The molecule has 1 saturated heterocycles. The van der Waals surface area contributed by atoms with Gasteiger partial charge in [-0.1, -0.05) is 23.4 Å². The summed E-state index contributed by atoms with van der Waals surface area (Å²) in [5, 5.41) is 7.06. The fourth-order valence-electron chi connectivity index (χ4n) is 4.45. The van der Waals surface area contributed by atoms with Crippen LogP contribution < -0.4 is 5.32 Å². The van der Waals surface area contributed by atoms with Crippen LogP contribution in [0.3, 0.4) is 0 Å². The number of aromatic nitrogens is 3. The first-order valence-electron chi connectivity index (χ1n) is 12.5. The van der Waals surface area contributed by atoms with E-state index in [0.717, 1.165) is 30.8 Å². The number of imidazole rings is 1. The maximum absolute atomic E-state index is 13.9. The van der Waals surface area contributed by atoms with Crippen molar-refractivity contribution in [1.82, 2.24) is 19.6 Å². The molecule has 0 radical (unpaired) electrons. The summed E-state index contributed by atoms with van der Waals surface area (Å²) in [6.07, 6.45) is 4.79. The number of hydrogen-bond donors (Lipinski definition) is 1. The number of nitrogens with one attached hydrogen (secondary N) is 1. The lowest BCUT2D eigenvalue weighted by atomic mass is 9.99. The van der Waals surface area contributed by atoms with Gasteiger partial charge < -0.3 is 19.1 Å². The third-order valence-corrected chi connectivity index (χ3v) is 6.49. The Morgan fingerprint density at radius 2 is 1.85 bits per heavy atom. The summed E-state index contributed by atoms with van der Waals surface area (Å²) in [5.41, 5.74) is 2.36. The summed E-state index contributed by atoms with van der Waals surface area (Å²) < 4.78 is 39.4. The molecule has 1 unspecified atom stereocenters. The minimum Gasteiger partial charge on any atom is -0.379 e. The van der Waals surface area contributed by atoms with Crippen molar-refractivity contribution in [2.24, 2.45) is 7.05 Å². The van der Waals surface area contributed by atoms with Crippen molar-refractivity contribution in [3.8, 4) is 11.1 Å². The highest BCUT2D eigenvalue weighted by Gasteiger charge is 2.29. The zero-order chi connectivity index (χ0) is 27.4. The van der Waals surface area contributed by atoms with Crippen molar-refractivity contribution in [2.75, 3.05) is 38.2 Å². The summed E-state index contributed by atoms with van der Waals surface area (Å²) in [5.74, 6) is -2.39. The maximum Gasteiger partial charge on any atom is 0.213 e. The van der Waals surface area contributed by atoms with E-state index in [9.17, 15) is 18.4 Å². The van der Waals surface area contributed by atoms with Crippen LogP contribution in [0.4, 0.5) is 14.5 Å². The van der Waals surface area contributed by atoms with Crippen LogP contribution in [0.15, 0.2) is 65.8 Å². The van der Waals surface area contributed by atoms with Crippen molar-refractivity contribution in [1.29, 1.82) is 0 Å². The molecule has 2 aromatic carbocycles. The molecule has 1 atom stereocenters. The lowest BCUT2D eigenvalue weighted by molar-refractivity contribution is -0.120. The van der Waals surface area contributed by atoms with Gasteiger partial charge in [0.15, 0.2) is 23.1 Å². The molecule has 5 rings (SSSR count). The Hall–Kier alpha value is -4.22. The Kier molecular flexibility index (Phi) is 7.89. The van der Waals surface area contributed by atoms with Crippen LogP contribution in [0.25, 0.3) is 11.1 Å². The smallest absolute Gasteiger partial charge is 0.213 e. The largest absolute Gasteiger partial charge is 0.379 e. The summed E-state index contributed by atoms with van der Waals surface area (Å²) in [7, 11) is 1.78. The molecule has 11 heteroatoms. The Morgan fingerprint density at radius 3 is 2.54 bits per heavy atom. The van der Waals surface area contributed by atoms with E-state index >= 15 is 0 Å². The number of hydrogen-bond acceptors (Lipinski definition) is 8. The molecule has 2 aromatic heterocycles. The quantitative estimate of drug-likeness (QED) is 0.306. The van der Waals surface area contributed by atoms with Crippen molar-refractivity contribution in [3.63, 3.8) is 0 Å². The van der Waals surface area contributed by atoms with E-state index in [1.807, 2.05) is 12.1 Å². The van der Waals surface area contributed by atoms with E-state index in [-0.39, 0.29) is 22.6 Å². The summed E-state index contributed by atoms with van der Waals surface area (Å²) in [4.78, 5) is 32.7. The van der Waals surface area contributed by atoms with Crippen molar-refractivity contribution in [3.05, 3.63) is 89.8 Å². The highest BCUT2D eigenvalue weighted by Crippen LogP contribution is 2.30. The average Bonchev–Trinajstić information content (AvgIpc) is 3.59. The van der Waals surface area contributed by atoms with Crippen molar-refractivity contribution in [2.45, 2.75) is 12.5 Å². The van der Waals surface area contributed by atoms with Crippen molar-refractivity contribution < 1.29 is 27.6 Å². The van der Waals surface area contributed by atoms with Crippen LogP contribution >= 0.6 is 0 Å². The van der Waals surface area contributed by atoms with Gasteiger partial charge in [0.1, 0.15) is 12.3 Å². The third-order valence-electron chi connectivity index (χ3n) is 6.49. The Morgan fingerprint density at radius 1 is 1.08 bits per heavy atom. The number of ether oxygens (including phenoxy) is 1. The molecule has 0 bridgehead atoms.